The summed E-state index contributed by atoms with van der Waals surface area (Å²) in [5, 5.41) is 12.8. The summed E-state index contributed by atoms with van der Waals surface area (Å²) >= 11 is 7.45. The first-order chi connectivity index (χ1) is 15.9. The molecule has 1 saturated heterocycles. The van der Waals surface area contributed by atoms with Gasteiger partial charge in [0.15, 0.2) is 11.0 Å². The molecule has 0 aliphatic carbocycles. The molecule has 0 bridgehead atoms. The first kappa shape index (κ1) is 23.3. The Morgan fingerprint density at radius 3 is 2.73 bits per heavy atom. The molecule has 7 nitrogen and oxygen atoms in total. The first-order valence-electron chi connectivity index (χ1n) is 10.8. The summed E-state index contributed by atoms with van der Waals surface area (Å²) < 4.78 is 1.89. The number of hydrogen-bond donors (Lipinski definition) is 1. The number of aryl methyl sites for hydroxylation is 1. The second-order valence-corrected chi connectivity index (χ2v) is 9.47. The summed E-state index contributed by atoms with van der Waals surface area (Å²) in [5.74, 6) is 0.799. The molecule has 4 rings (SSSR count). The van der Waals surface area contributed by atoms with Crippen molar-refractivity contribution in [2.45, 2.75) is 37.9 Å². The van der Waals surface area contributed by atoms with Gasteiger partial charge in [0.25, 0.3) is 5.91 Å². The van der Waals surface area contributed by atoms with Crippen molar-refractivity contribution in [3.05, 3.63) is 70.0 Å². The third-order valence-corrected chi connectivity index (χ3v) is 7.36. The highest BCUT2D eigenvalue weighted by atomic mass is 35.5. The van der Waals surface area contributed by atoms with Gasteiger partial charge < -0.3 is 14.8 Å². The predicted molar refractivity (Wildman–Crippen MR) is 131 cm³/mol. The van der Waals surface area contributed by atoms with Crippen LogP contribution in [0.1, 0.15) is 46.2 Å². The average Bonchev–Trinajstić information content (AvgIpc) is 3.42. The van der Waals surface area contributed by atoms with Gasteiger partial charge in [-0.25, -0.2) is 0 Å². The number of aromatic nitrogens is 3. The highest BCUT2D eigenvalue weighted by Gasteiger charge is 2.34. The van der Waals surface area contributed by atoms with E-state index < -0.39 is 0 Å². The van der Waals surface area contributed by atoms with Crippen molar-refractivity contribution in [2.24, 2.45) is 7.05 Å². The topological polar surface area (TPSA) is 80.1 Å². The standard InChI is InChI=1S/C24H26ClN5O2S/c1-15-8-4-5-9-17(15)23(32)30-13-7-12-20(30)22-27-28-24(29(22)3)33-14-21(31)26-19-11-6-10-18(25)16(19)2/h4-6,8-11,20H,7,12-14H2,1-3H3,(H,26,31). The second-order valence-electron chi connectivity index (χ2n) is 8.12. The van der Waals surface area contributed by atoms with E-state index in [-0.39, 0.29) is 23.6 Å². The van der Waals surface area contributed by atoms with Crippen molar-refractivity contribution in [1.29, 1.82) is 0 Å². The normalized spacial score (nSPS) is 15.6. The fourth-order valence-electron chi connectivity index (χ4n) is 4.05. The number of nitrogens with one attached hydrogen (secondary N) is 1. The van der Waals surface area contributed by atoms with Crippen LogP contribution in [0.4, 0.5) is 5.69 Å². The lowest BCUT2D eigenvalue weighted by atomic mass is 10.1. The van der Waals surface area contributed by atoms with Crippen molar-refractivity contribution in [2.75, 3.05) is 17.6 Å². The number of benzene rings is 2. The number of thioether (sulfide) groups is 1. The van der Waals surface area contributed by atoms with Gasteiger partial charge in [-0.1, -0.05) is 47.6 Å². The average molecular weight is 484 g/mol. The fraction of sp³-hybridized carbons (Fsp3) is 0.333. The molecule has 33 heavy (non-hydrogen) atoms. The Morgan fingerprint density at radius 2 is 1.94 bits per heavy atom. The Bertz CT molecular complexity index is 1200. The van der Waals surface area contributed by atoms with Crippen LogP contribution in [-0.4, -0.2) is 43.8 Å². The van der Waals surface area contributed by atoms with Crippen LogP contribution < -0.4 is 5.32 Å². The zero-order chi connectivity index (χ0) is 23.5. The third-order valence-electron chi connectivity index (χ3n) is 5.93. The lowest BCUT2D eigenvalue weighted by Gasteiger charge is -2.24. The van der Waals surface area contributed by atoms with Gasteiger partial charge in [-0.3, -0.25) is 9.59 Å². The molecule has 1 aliphatic heterocycles. The molecule has 1 unspecified atom stereocenters. The minimum Gasteiger partial charge on any atom is -0.328 e. The minimum absolute atomic E-state index is 0.0177. The summed E-state index contributed by atoms with van der Waals surface area (Å²) in [5.41, 5.74) is 3.21. The molecule has 0 radical (unpaired) electrons. The molecule has 2 amide bonds. The summed E-state index contributed by atoms with van der Waals surface area (Å²) in [4.78, 5) is 27.6. The predicted octanol–water partition coefficient (Wildman–Crippen LogP) is 4.79. The summed E-state index contributed by atoms with van der Waals surface area (Å²) in [7, 11) is 1.88. The lowest BCUT2D eigenvalue weighted by molar-refractivity contribution is -0.113. The van der Waals surface area contributed by atoms with Gasteiger partial charge in [0.05, 0.1) is 11.8 Å². The van der Waals surface area contributed by atoms with Crippen LogP contribution in [0.3, 0.4) is 0 Å². The van der Waals surface area contributed by atoms with Crippen molar-refractivity contribution >= 4 is 40.9 Å². The van der Waals surface area contributed by atoms with E-state index in [2.05, 4.69) is 15.5 Å². The molecule has 1 aromatic heterocycles. The zero-order valence-corrected chi connectivity index (χ0v) is 20.4. The molecule has 1 N–H and O–H groups in total. The molecule has 2 heterocycles. The number of carbonyl (C=O) groups is 2. The Labute approximate surface area is 202 Å². The quantitative estimate of drug-likeness (QED) is 0.510. The van der Waals surface area contributed by atoms with Gasteiger partial charge in [0, 0.05) is 29.9 Å². The van der Waals surface area contributed by atoms with E-state index in [0.717, 1.165) is 29.8 Å². The van der Waals surface area contributed by atoms with Crippen LogP contribution in [0, 0.1) is 13.8 Å². The van der Waals surface area contributed by atoms with Gasteiger partial charge in [-0.2, -0.15) is 0 Å². The van der Waals surface area contributed by atoms with Crippen molar-refractivity contribution < 1.29 is 9.59 Å². The van der Waals surface area contributed by atoms with E-state index in [1.165, 1.54) is 11.8 Å². The largest absolute Gasteiger partial charge is 0.328 e. The smallest absolute Gasteiger partial charge is 0.254 e. The Morgan fingerprint density at radius 1 is 1.15 bits per heavy atom. The maximum absolute atomic E-state index is 13.2. The molecule has 2 aromatic carbocycles. The van der Waals surface area contributed by atoms with Crippen LogP contribution in [0.2, 0.25) is 5.02 Å². The second kappa shape index (κ2) is 9.97. The maximum Gasteiger partial charge on any atom is 0.254 e. The highest BCUT2D eigenvalue weighted by Crippen LogP contribution is 2.34. The number of carbonyl (C=O) groups excluding carboxylic acids is 2. The van der Waals surface area contributed by atoms with E-state index in [4.69, 9.17) is 11.6 Å². The molecule has 3 aromatic rings. The Hall–Kier alpha value is -2.84. The monoisotopic (exact) mass is 483 g/mol. The lowest BCUT2D eigenvalue weighted by Crippen LogP contribution is -2.32. The van der Waals surface area contributed by atoms with Crippen LogP contribution >= 0.6 is 23.4 Å². The van der Waals surface area contributed by atoms with Crippen LogP contribution in [0.15, 0.2) is 47.6 Å². The summed E-state index contributed by atoms with van der Waals surface area (Å²) in [6, 6.07) is 12.9. The fourth-order valence-corrected chi connectivity index (χ4v) is 4.94. The van der Waals surface area contributed by atoms with Crippen LogP contribution in [0.25, 0.3) is 0 Å². The number of anilines is 1. The van der Waals surface area contributed by atoms with Crippen molar-refractivity contribution in [3.63, 3.8) is 0 Å². The number of likely N-dealkylation sites (tertiary alicyclic amines) is 1. The van der Waals surface area contributed by atoms with E-state index in [1.807, 2.05) is 60.7 Å². The molecule has 1 fully saturated rings. The Kier molecular flexibility index (Phi) is 7.05. The number of halogens is 1. The first-order valence-corrected chi connectivity index (χ1v) is 12.2. The molecular formula is C24H26ClN5O2S. The third kappa shape index (κ3) is 4.91. The number of amides is 2. The van der Waals surface area contributed by atoms with Crippen molar-refractivity contribution in [1.82, 2.24) is 19.7 Å². The van der Waals surface area contributed by atoms with E-state index >= 15 is 0 Å². The van der Waals surface area contributed by atoms with Gasteiger partial charge >= 0.3 is 0 Å². The molecule has 0 spiro atoms. The van der Waals surface area contributed by atoms with Crippen LogP contribution in [-0.2, 0) is 11.8 Å². The number of nitrogens with zero attached hydrogens (tertiary/aromatic N) is 4. The Balaban J connectivity index is 1.44. The van der Waals surface area contributed by atoms with E-state index in [9.17, 15) is 9.59 Å². The number of rotatable bonds is 6. The highest BCUT2D eigenvalue weighted by molar-refractivity contribution is 7.99. The van der Waals surface area contributed by atoms with E-state index in [0.29, 0.717) is 28.0 Å². The summed E-state index contributed by atoms with van der Waals surface area (Å²) in [6.45, 7) is 4.51. The van der Waals surface area contributed by atoms with Crippen molar-refractivity contribution in [3.8, 4) is 0 Å². The van der Waals surface area contributed by atoms with Gasteiger partial charge in [0.2, 0.25) is 5.91 Å². The molecule has 0 saturated carbocycles. The molecular weight excluding hydrogens is 458 g/mol. The minimum atomic E-state index is -0.146. The van der Waals surface area contributed by atoms with E-state index in [1.54, 1.807) is 12.1 Å². The van der Waals surface area contributed by atoms with Gasteiger partial charge in [-0.05, 0) is 56.0 Å². The molecule has 1 aliphatic rings. The molecule has 9 heteroatoms. The van der Waals surface area contributed by atoms with Gasteiger partial charge in [0.1, 0.15) is 0 Å². The molecule has 172 valence electrons. The SMILES string of the molecule is Cc1ccccc1C(=O)N1CCCC1c1nnc(SCC(=O)Nc2cccc(Cl)c2C)n1C. The van der Waals surface area contributed by atoms with Crippen LogP contribution in [0.5, 0.6) is 0 Å². The number of hydrogen-bond acceptors (Lipinski definition) is 5. The summed E-state index contributed by atoms with van der Waals surface area (Å²) in [6.07, 6.45) is 1.75. The maximum atomic E-state index is 13.2. The molecule has 1 atom stereocenters. The zero-order valence-electron chi connectivity index (χ0n) is 18.8. The van der Waals surface area contributed by atoms with Gasteiger partial charge in [-0.15, -0.1) is 10.2 Å².